The van der Waals surface area contributed by atoms with Crippen molar-refractivity contribution in [1.82, 2.24) is 5.32 Å². The first-order chi connectivity index (χ1) is 10.6. The van der Waals surface area contributed by atoms with Crippen molar-refractivity contribution in [3.63, 3.8) is 0 Å². The van der Waals surface area contributed by atoms with Crippen LogP contribution < -0.4 is 5.32 Å². The minimum atomic E-state index is -0.200. The van der Waals surface area contributed by atoms with Gasteiger partial charge in [-0.3, -0.25) is 4.79 Å². The third-order valence-electron chi connectivity index (χ3n) is 3.20. The van der Waals surface area contributed by atoms with Crippen LogP contribution in [0.2, 0.25) is 5.02 Å². The first-order valence-electron chi connectivity index (χ1n) is 6.67. The quantitative estimate of drug-likeness (QED) is 0.827. The van der Waals surface area contributed by atoms with Gasteiger partial charge in [0.2, 0.25) is 5.91 Å². The fourth-order valence-corrected chi connectivity index (χ4v) is 3.58. The number of thioether (sulfide) groups is 1. The van der Waals surface area contributed by atoms with Crippen LogP contribution in [-0.2, 0) is 11.2 Å². The summed E-state index contributed by atoms with van der Waals surface area (Å²) in [7, 11) is 0. The topological polar surface area (TPSA) is 41.5 Å². The molecule has 0 aliphatic carbocycles. The second kappa shape index (κ2) is 6.86. The molecule has 1 atom stereocenters. The molecule has 1 heterocycles. The Kier molecular flexibility index (Phi) is 4.86. The summed E-state index contributed by atoms with van der Waals surface area (Å²) in [5.41, 5.74) is 1.78. The lowest BCUT2D eigenvalue weighted by molar-refractivity contribution is -0.118. The molecule has 2 aromatic rings. The summed E-state index contributed by atoms with van der Waals surface area (Å²) in [4.78, 5) is 16.5. The zero-order valence-corrected chi connectivity index (χ0v) is 14.6. The van der Waals surface area contributed by atoms with Crippen LogP contribution in [-0.4, -0.2) is 16.3 Å². The van der Waals surface area contributed by atoms with Crippen LogP contribution in [0.15, 0.2) is 58.0 Å². The predicted octanol–water partition coefficient (Wildman–Crippen LogP) is 4.56. The van der Waals surface area contributed by atoms with Gasteiger partial charge in [0.1, 0.15) is 0 Å². The largest absolute Gasteiger partial charge is 0.304 e. The molecule has 1 aliphatic heterocycles. The lowest BCUT2D eigenvalue weighted by Gasteiger charge is -2.06. The van der Waals surface area contributed by atoms with Gasteiger partial charge in [0, 0.05) is 9.50 Å². The Morgan fingerprint density at radius 3 is 2.64 bits per heavy atom. The molecule has 1 aliphatic rings. The maximum atomic E-state index is 12.1. The average molecular weight is 396 g/mol. The highest BCUT2D eigenvalue weighted by Crippen LogP contribution is 2.28. The average Bonchev–Trinajstić information content (AvgIpc) is 2.84. The predicted molar refractivity (Wildman–Crippen MR) is 95.9 cm³/mol. The van der Waals surface area contributed by atoms with E-state index in [9.17, 15) is 4.79 Å². The van der Waals surface area contributed by atoms with E-state index in [0.717, 1.165) is 15.7 Å². The van der Waals surface area contributed by atoms with Crippen molar-refractivity contribution >= 4 is 56.1 Å². The number of aliphatic imine (C=N–C) groups is 1. The van der Waals surface area contributed by atoms with Gasteiger partial charge in [0.25, 0.3) is 0 Å². The second-order valence-corrected chi connectivity index (χ2v) is 7.30. The van der Waals surface area contributed by atoms with E-state index in [4.69, 9.17) is 11.6 Å². The summed E-state index contributed by atoms with van der Waals surface area (Å²) in [6.07, 6.45) is 0.593. The summed E-state index contributed by atoms with van der Waals surface area (Å²) in [5.74, 6) is -0.0271. The number of benzene rings is 2. The molecular weight excluding hydrogens is 384 g/mol. The molecule has 112 valence electrons. The molecule has 1 amide bonds. The number of nitrogens with zero attached hydrogens (tertiary/aromatic N) is 1. The Balaban J connectivity index is 1.73. The van der Waals surface area contributed by atoms with Crippen molar-refractivity contribution in [3.8, 4) is 0 Å². The molecule has 3 rings (SSSR count). The van der Waals surface area contributed by atoms with E-state index in [1.165, 1.54) is 11.8 Å². The molecule has 3 nitrogen and oxygen atoms in total. The molecule has 0 spiro atoms. The molecule has 2 aromatic carbocycles. The number of nitrogens with one attached hydrogen (secondary N) is 1. The molecule has 0 radical (unpaired) electrons. The maximum absolute atomic E-state index is 12.1. The summed E-state index contributed by atoms with van der Waals surface area (Å²) in [5, 5.41) is 3.94. The number of rotatable bonds is 3. The molecular formula is C16H12BrClN2OS. The van der Waals surface area contributed by atoms with Gasteiger partial charge in [-0.1, -0.05) is 57.5 Å². The van der Waals surface area contributed by atoms with Crippen molar-refractivity contribution in [3.05, 3.63) is 63.6 Å². The number of halogens is 2. The lowest BCUT2D eigenvalue weighted by Crippen LogP contribution is -2.26. The van der Waals surface area contributed by atoms with Crippen molar-refractivity contribution in [2.24, 2.45) is 4.99 Å². The number of carbonyl (C=O) groups excluding carboxylic acids is 1. The van der Waals surface area contributed by atoms with E-state index in [-0.39, 0.29) is 11.2 Å². The normalized spacial score (nSPS) is 19.5. The standard InChI is InChI=1S/C16H12BrClN2OS/c17-11-5-7-12(8-6-11)19-16-20-15(21)14(22-16)9-10-3-1-2-4-13(10)18/h1-8,14H,9H2,(H,19,20,21)/t14-/m0/s1. The number of carbonyl (C=O) groups is 1. The second-order valence-electron chi connectivity index (χ2n) is 4.78. The molecule has 1 saturated heterocycles. The highest BCUT2D eigenvalue weighted by Gasteiger charge is 2.30. The summed E-state index contributed by atoms with van der Waals surface area (Å²) >= 11 is 11.0. The molecule has 0 saturated carbocycles. The summed E-state index contributed by atoms with van der Waals surface area (Å²) in [6.45, 7) is 0. The SMILES string of the molecule is O=C1NC(=Nc2ccc(Br)cc2)S[C@H]1Cc1ccccc1Cl. The molecule has 1 fully saturated rings. The van der Waals surface area contributed by atoms with E-state index in [1.54, 1.807) is 0 Å². The van der Waals surface area contributed by atoms with Crippen molar-refractivity contribution in [2.45, 2.75) is 11.7 Å². The fraction of sp³-hybridized carbons (Fsp3) is 0.125. The van der Waals surface area contributed by atoms with E-state index in [2.05, 4.69) is 26.2 Å². The van der Waals surface area contributed by atoms with Crippen LogP contribution in [0.1, 0.15) is 5.56 Å². The monoisotopic (exact) mass is 394 g/mol. The Hall–Kier alpha value is -1.30. The Bertz CT molecular complexity index is 733. The van der Waals surface area contributed by atoms with Crippen molar-refractivity contribution in [1.29, 1.82) is 0 Å². The number of amidine groups is 1. The van der Waals surface area contributed by atoms with Crippen LogP contribution in [0.3, 0.4) is 0 Å². The first-order valence-corrected chi connectivity index (χ1v) is 8.72. The molecule has 0 bridgehead atoms. The zero-order chi connectivity index (χ0) is 15.5. The van der Waals surface area contributed by atoms with Gasteiger partial charge in [-0.2, -0.15) is 0 Å². The molecule has 0 unspecified atom stereocenters. The maximum Gasteiger partial charge on any atom is 0.239 e. The Morgan fingerprint density at radius 2 is 1.91 bits per heavy atom. The first kappa shape index (κ1) is 15.6. The fourth-order valence-electron chi connectivity index (χ4n) is 2.09. The Labute approximate surface area is 146 Å². The van der Waals surface area contributed by atoms with Gasteiger partial charge in [0.05, 0.1) is 10.9 Å². The van der Waals surface area contributed by atoms with Gasteiger partial charge in [0.15, 0.2) is 5.17 Å². The number of hydrogen-bond donors (Lipinski definition) is 1. The van der Waals surface area contributed by atoms with Crippen LogP contribution in [0.25, 0.3) is 0 Å². The minimum absolute atomic E-state index is 0.0271. The molecule has 0 aromatic heterocycles. The van der Waals surface area contributed by atoms with Crippen LogP contribution in [0.4, 0.5) is 5.69 Å². The smallest absolute Gasteiger partial charge is 0.239 e. The minimum Gasteiger partial charge on any atom is -0.304 e. The third kappa shape index (κ3) is 3.72. The summed E-state index contributed by atoms with van der Waals surface area (Å²) in [6, 6.07) is 15.2. The van der Waals surface area contributed by atoms with Crippen molar-refractivity contribution in [2.75, 3.05) is 0 Å². The van der Waals surface area contributed by atoms with E-state index in [0.29, 0.717) is 16.6 Å². The molecule has 22 heavy (non-hydrogen) atoms. The summed E-state index contributed by atoms with van der Waals surface area (Å²) < 4.78 is 0.996. The Morgan fingerprint density at radius 1 is 1.18 bits per heavy atom. The van der Waals surface area contributed by atoms with Crippen LogP contribution in [0.5, 0.6) is 0 Å². The van der Waals surface area contributed by atoms with E-state index in [1.807, 2.05) is 48.5 Å². The van der Waals surface area contributed by atoms with Gasteiger partial charge in [-0.25, -0.2) is 4.99 Å². The van der Waals surface area contributed by atoms with Gasteiger partial charge >= 0.3 is 0 Å². The van der Waals surface area contributed by atoms with E-state index < -0.39 is 0 Å². The molecule has 6 heteroatoms. The third-order valence-corrected chi connectivity index (χ3v) is 5.18. The lowest BCUT2D eigenvalue weighted by atomic mass is 10.1. The number of hydrogen-bond acceptors (Lipinski definition) is 3. The van der Waals surface area contributed by atoms with Crippen LogP contribution >= 0.6 is 39.3 Å². The van der Waals surface area contributed by atoms with Crippen LogP contribution in [0, 0.1) is 0 Å². The highest BCUT2D eigenvalue weighted by atomic mass is 79.9. The van der Waals surface area contributed by atoms with E-state index >= 15 is 0 Å². The van der Waals surface area contributed by atoms with Gasteiger partial charge in [-0.05, 0) is 42.3 Å². The number of amides is 1. The molecule has 1 N–H and O–H groups in total. The van der Waals surface area contributed by atoms with Crippen molar-refractivity contribution < 1.29 is 4.79 Å². The van der Waals surface area contributed by atoms with Gasteiger partial charge < -0.3 is 5.32 Å². The zero-order valence-electron chi connectivity index (χ0n) is 11.4. The van der Waals surface area contributed by atoms with Gasteiger partial charge in [-0.15, -0.1) is 0 Å². The highest BCUT2D eigenvalue weighted by molar-refractivity contribution is 9.10.